The minimum atomic E-state index is -4.82. The van der Waals surface area contributed by atoms with Gasteiger partial charge < -0.3 is 19.3 Å². The van der Waals surface area contributed by atoms with E-state index < -0.39 is 35.7 Å². The lowest BCUT2D eigenvalue weighted by atomic mass is 9.76. The summed E-state index contributed by atoms with van der Waals surface area (Å²) < 4.78 is 84.4. The third kappa shape index (κ3) is 6.87. The Hall–Kier alpha value is -3.51. The minimum Gasteiger partial charge on any atom is -0.474 e. The van der Waals surface area contributed by atoms with E-state index in [4.69, 9.17) is 22.2 Å². The Kier molecular flexibility index (Phi) is 8.74. The van der Waals surface area contributed by atoms with Gasteiger partial charge in [-0.2, -0.15) is 31.6 Å². The first-order valence-corrected chi connectivity index (χ1v) is 13.1. The highest BCUT2D eigenvalue weighted by atomic mass is 32.1. The van der Waals surface area contributed by atoms with Crippen LogP contribution in [0, 0.1) is 11.3 Å². The van der Waals surface area contributed by atoms with Gasteiger partial charge in [0.1, 0.15) is 24.0 Å². The third-order valence-electron chi connectivity index (χ3n) is 7.24. The van der Waals surface area contributed by atoms with Gasteiger partial charge in [-0.25, -0.2) is 9.97 Å². The zero-order valence-electron chi connectivity index (χ0n) is 21.9. The van der Waals surface area contributed by atoms with Crippen LogP contribution in [0.1, 0.15) is 43.4 Å². The molecule has 220 valence electrons. The fourth-order valence-corrected chi connectivity index (χ4v) is 5.27. The van der Waals surface area contributed by atoms with Crippen molar-refractivity contribution in [2.45, 2.75) is 56.1 Å². The lowest BCUT2D eigenvalue weighted by Gasteiger charge is -2.48. The predicted octanol–water partition coefficient (Wildman–Crippen LogP) is 5.12. The molecule has 8 nitrogen and oxygen atoms in total. The lowest BCUT2D eigenvalue weighted by molar-refractivity contribution is -0.149. The molecule has 3 heterocycles. The number of nitrogens with zero attached hydrogens (tertiary/aromatic N) is 6. The van der Waals surface area contributed by atoms with Crippen LogP contribution in [0.4, 0.5) is 37.7 Å². The first-order valence-electron chi connectivity index (χ1n) is 12.7. The molecule has 2 fully saturated rings. The first kappa shape index (κ1) is 30.4. The molecule has 41 heavy (non-hydrogen) atoms. The molecule has 0 N–H and O–H groups in total. The van der Waals surface area contributed by atoms with Crippen molar-refractivity contribution in [3.8, 4) is 11.9 Å². The van der Waals surface area contributed by atoms with Gasteiger partial charge in [0, 0.05) is 26.2 Å². The van der Waals surface area contributed by atoms with Crippen molar-refractivity contribution in [2.75, 3.05) is 36.5 Å². The van der Waals surface area contributed by atoms with Crippen LogP contribution in [0.15, 0.2) is 30.6 Å². The van der Waals surface area contributed by atoms with E-state index in [0.717, 1.165) is 25.0 Å². The van der Waals surface area contributed by atoms with Crippen molar-refractivity contribution >= 4 is 35.0 Å². The Morgan fingerprint density at radius 1 is 1.17 bits per heavy atom. The number of aldehydes is 1. The maximum atomic E-state index is 13.5. The number of alkyl halides is 6. The number of nitriles is 1. The van der Waals surface area contributed by atoms with Gasteiger partial charge in [-0.15, -0.1) is 0 Å². The number of pyridine rings is 2. The summed E-state index contributed by atoms with van der Waals surface area (Å²) in [6.07, 6.45) is -3.67. The molecule has 1 aliphatic heterocycles. The summed E-state index contributed by atoms with van der Waals surface area (Å²) in [5, 5.41) is 9.07. The second-order valence-corrected chi connectivity index (χ2v) is 10.4. The topological polar surface area (TPSA) is 85.6 Å². The SMILES string of the molecule is CN(C(=S)N(c1ccc(OC2CCN(CC(F)(F)F)CC2)nc1)C1(C=O)CCC1)c1cnc(C#N)c(C(F)(F)F)c1. The van der Waals surface area contributed by atoms with Crippen molar-refractivity contribution in [1.29, 1.82) is 5.26 Å². The second kappa shape index (κ2) is 11.8. The zero-order valence-corrected chi connectivity index (χ0v) is 22.7. The summed E-state index contributed by atoms with van der Waals surface area (Å²) in [6.45, 7) is -0.497. The Bertz CT molecular complexity index is 1300. The number of carbonyl (C=O) groups excluding carboxylic acids is 1. The number of ether oxygens (including phenoxy) is 1. The molecule has 15 heteroatoms. The normalized spacial score (nSPS) is 17.7. The van der Waals surface area contributed by atoms with E-state index in [1.165, 1.54) is 34.0 Å². The maximum absolute atomic E-state index is 13.5. The summed E-state index contributed by atoms with van der Waals surface area (Å²) in [5.74, 6) is 0.238. The molecule has 0 unspecified atom stereocenters. The van der Waals surface area contributed by atoms with Crippen LogP contribution in [0.25, 0.3) is 0 Å². The van der Waals surface area contributed by atoms with Gasteiger partial charge in [-0.3, -0.25) is 4.90 Å². The second-order valence-electron chi connectivity index (χ2n) is 10.0. The van der Waals surface area contributed by atoms with Crippen LogP contribution < -0.4 is 14.5 Å². The average Bonchev–Trinajstić information content (AvgIpc) is 2.90. The number of anilines is 2. The summed E-state index contributed by atoms with van der Waals surface area (Å²) >= 11 is 5.66. The van der Waals surface area contributed by atoms with Crippen LogP contribution >= 0.6 is 12.2 Å². The molecule has 1 saturated heterocycles. The van der Waals surface area contributed by atoms with E-state index in [1.54, 1.807) is 12.1 Å². The van der Waals surface area contributed by atoms with Gasteiger partial charge >= 0.3 is 12.4 Å². The smallest absolute Gasteiger partial charge is 0.419 e. The largest absolute Gasteiger partial charge is 0.474 e. The molecule has 2 aliphatic rings. The number of carbonyl (C=O) groups is 1. The van der Waals surface area contributed by atoms with Gasteiger partial charge in [-0.1, -0.05) is 0 Å². The van der Waals surface area contributed by atoms with Crippen LogP contribution in [-0.4, -0.2) is 70.8 Å². The van der Waals surface area contributed by atoms with Crippen molar-refractivity contribution in [3.05, 3.63) is 41.9 Å². The van der Waals surface area contributed by atoms with Crippen LogP contribution in [0.5, 0.6) is 5.88 Å². The first-order chi connectivity index (χ1) is 19.3. The number of halogens is 6. The summed E-state index contributed by atoms with van der Waals surface area (Å²) in [4.78, 5) is 24.4. The molecule has 2 aromatic heterocycles. The van der Waals surface area contributed by atoms with E-state index in [1.807, 2.05) is 0 Å². The van der Waals surface area contributed by atoms with E-state index >= 15 is 0 Å². The van der Waals surface area contributed by atoms with Gasteiger partial charge in [0.15, 0.2) is 10.8 Å². The van der Waals surface area contributed by atoms with E-state index in [9.17, 15) is 31.1 Å². The number of thiocarbonyl (C=S) groups is 1. The number of aromatic nitrogens is 2. The van der Waals surface area contributed by atoms with Gasteiger partial charge in [0.2, 0.25) is 5.88 Å². The highest BCUT2D eigenvalue weighted by Gasteiger charge is 2.46. The molecule has 0 spiro atoms. The van der Waals surface area contributed by atoms with Crippen molar-refractivity contribution < 1.29 is 35.9 Å². The minimum absolute atomic E-state index is 0.0175. The van der Waals surface area contributed by atoms with Crippen LogP contribution in [0.3, 0.4) is 0 Å². The molecule has 1 saturated carbocycles. The molecule has 0 aromatic carbocycles. The number of hydrogen-bond acceptors (Lipinski definition) is 7. The number of piperidine rings is 1. The number of likely N-dealkylation sites (tertiary alicyclic amines) is 1. The fourth-order valence-electron chi connectivity index (χ4n) is 4.88. The lowest BCUT2D eigenvalue weighted by Crippen LogP contribution is -2.60. The highest BCUT2D eigenvalue weighted by molar-refractivity contribution is 7.80. The van der Waals surface area contributed by atoms with Crippen LogP contribution in [-0.2, 0) is 11.0 Å². The molecule has 1 aliphatic carbocycles. The summed E-state index contributed by atoms with van der Waals surface area (Å²) in [7, 11) is 1.44. The van der Waals surface area contributed by atoms with Gasteiger partial charge in [0.25, 0.3) is 0 Å². The Balaban J connectivity index is 1.53. The summed E-state index contributed by atoms with van der Waals surface area (Å²) in [5.41, 5.74) is -2.64. The Morgan fingerprint density at radius 2 is 1.83 bits per heavy atom. The van der Waals surface area contributed by atoms with Gasteiger partial charge in [-0.05, 0) is 56.5 Å². The molecular formula is C26H26F6N6O2S. The molecule has 0 amide bonds. The molecular weight excluding hydrogens is 574 g/mol. The van der Waals surface area contributed by atoms with Crippen molar-refractivity contribution in [1.82, 2.24) is 14.9 Å². The highest BCUT2D eigenvalue weighted by Crippen LogP contribution is 2.41. The van der Waals surface area contributed by atoms with Crippen molar-refractivity contribution in [3.63, 3.8) is 0 Å². The average molecular weight is 601 g/mol. The van der Waals surface area contributed by atoms with Crippen molar-refractivity contribution in [2.24, 2.45) is 0 Å². The molecule has 0 atom stereocenters. The standard InChI is InChI=1S/C26H26F6N6O2S/c1-36(18-11-20(26(30,31)32)21(12-33)34-14-18)23(41)38(24(16-39)7-2-8-24)17-3-4-22(35-13-17)40-19-5-9-37(10-6-19)15-25(27,28)29/h3-4,11,13-14,16,19H,2,5-10,15H2,1H3. The maximum Gasteiger partial charge on any atom is 0.419 e. The quantitative estimate of drug-likeness (QED) is 0.244. The fraction of sp³-hybridized carbons (Fsp3) is 0.500. The molecule has 2 aromatic rings. The zero-order chi connectivity index (χ0) is 30.0. The van der Waals surface area contributed by atoms with Gasteiger partial charge in [0.05, 0.1) is 35.9 Å². The molecule has 0 radical (unpaired) electrons. The summed E-state index contributed by atoms with van der Waals surface area (Å²) in [6, 6.07) is 5.38. The predicted molar refractivity (Wildman–Crippen MR) is 140 cm³/mol. The van der Waals surface area contributed by atoms with Crippen LogP contribution in [0.2, 0.25) is 0 Å². The van der Waals surface area contributed by atoms with E-state index in [2.05, 4.69) is 9.97 Å². The molecule has 0 bridgehead atoms. The van der Waals surface area contributed by atoms with E-state index in [-0.39, 0.29) is 35.9 Å². The number of rotatable bonds is 7. The Morgan fingerprint density at radius 3 is 2.32 bits per heavy atom. The monoisotopic (exact) mass is 600 g/mol. The van der Waals surface area contributed by atoms with E-state index in [0.29, 0.717) is 31.4 Å². The molecule has 4 rings (SSSR count). The third-order valence-corrected chi connectivity index (χ3v) is 7.69. The Labute approximate surface area is 237 Å². The number of hydrogen-bond donors (Lipinski definition) is 0.